The van der Waals surface area contributed by atoms with Gasteiger partial charge in [0.25, 0.3) is 0 Å². The largest absolute Gasteiger partial charge is 0.550 e. The highest BCUT2D eigenvalue weighted by Gasteiger charge is 2.61. The molecule has 0 spiro atoms. The summed E-state index contributed by atoms with van der Waals surface area (Å²) in [5.74, 6) is -1.30. The molecule has 1 N–H and O–H groups in total. The summed E-state index contributed by atoms with van der Waals surface area (Å²) in [6, 6.07) is 7.13. The topological polar surface area (TPSA) is 78.5 Å². The van der Waals surface area contributed by atoms with Crippen molar-refractivity contribution in [2.75, 3.05) is 12.4 Å². The highest BCUT2D eigenvalue weighted by atomic mass is 16.5. The van der Waals surface area contributed by atoms with Crippen LogP contribution in [0.25, 0.3) is 0 Å². The predicted octanol–water partition coefficient (Wildman–Crippen LogP) is 1.07. The van der Waals surface area contributed by atoms with E-state index in [1.165, 1.54) is 7.11 Å². The number of anilines is 1. The Labute approximate surface area is 134 Å². The monoisotopic (exact) mass is 312 g/mol. The number of fused-ring (bicyclic) bond motifs is 1. The van der Waals surface area contributed by atoms with E-state index in [9.17, 15) is 14.7 Å². The van der Waals surface area contributed by atoms with Crippen LogP contribution in [0.15, 0.2) is 36.4 Å². The highest BCUT2D eigenvalue weighted by Crippen LogP contribution is 2.63. The van der Waals surface area contributed by atoms with E-state index in [2.05, 4.69) is 5.32 Å². The lowest BCUT2D eigenvalue weighted by Gasteiger charge is -2.44. The summed E-state index contributed by atoms with van der Waals surface area (Å²) in [7, 11) is 1.54. The van der Waals surface area contributed by atoms with Gasteiger partial charge in [-0.05, 0) is 42.2 Å². The molecule has 23 heavy (non-hydrogen) atoms. The van der Waals surface area contributed by atoms with Crippen molar-refractivity contribution in [3.8, 4) is 5.75 Å². The molecular formula is C18H18NO4-. The first-order chi connectivity index (χ1) is 11.1. The van der Waals surface area contributed by atoms with Crippen LogP contribution in [-0.2, 0) is 9.59 Å². The second-order valence-electron chi connectivity index (χ2n) is 6.66. The van der Waals surface area contributed by atoms with Crippen molar-refractivity contribution >= 4 is 17.6 Å². The Morgan fingerprint density at radius 2 is 1.78 bits per heavy atom. The third-order valence-corrected chi connectivity index (χ3v) is 5.59. The van der Waals surface area contributed by atoms with Crippen LogP contribution in [-0.4, -0.2) is 19.0 Å². The fourth-order valence-corrected chi connectivity index (χ4v) is 4.52. The van der Waals surface area contributed by atoms with E-state index < -0.39 is 17.8 Å². The van der Waals surface area contributed by atoms with Crippen molar-refractivity contribution in [1.82, 2.24) is 0 Å². The van der Waals surface area contributed by atoms with Gasteiger partial charge in [0, 0.05) is 11.9 Å². The minimum Gasteiger partial charge on any atom is -0.550 e. The third kappa shape index (κ3) is 2.14. The van der Waals surface area contributed by atoms with Crippen molar-refractivity contribution in [2.45, 2.75) is 6.42 Å². The molecule has 0 radical (unpaired) electrons. The molecule has 6 unspecified atom stereocenters. The summed E-state index contributed by atoms with van der Waals surface area (Å²) in [6.45, 7) is 0. The number of carboxylic acids is 1. The molecule has 1 aromatic carbocycles. The van der Waals surface area contributed by atoms with Gasteiger partial charge >= 0.3 is 0 Å². The number of nitrogens with one attached hydrogen (secondary N) is 1. The standard InChI is InChI=1S/C18H19NO4/c1-23-14-5-3-2-4-13(14)19-17(20)15-9-6-7-10(12-8-11(9)12)16(15)18(21)22/h2-7,9-12,15-16H,8H2,1H3,(H,19,20)(H,21,22)/p-1. The van der Waals surface area contributed by atoms with Gasteiger partial charge in [-0.3, -0.25) is 4.79 Å². The number of carboxylic acid groups (broad SMARTS) is 1. The van der Waals surface area contributed by atoms with Gasteiger partial charge in [0.2, 0.25) is 5.91 Å². The van der Waals surface area contributed by atoms with Crippen molar-refractivity contribution in [3.63, 3.8) is 0 Å². The number of amides is 1. The fraction of sp³-hybridized carbons (Fsp3) is 0.444. The Balaban J connectivity index is 1.62. The molecule has 4 aliphatic carbocycles. The van der Waals surface area contributed by atoms with E-state index in [1.54, 1.807) is 18.2 Å². The average Bonchev–Trinajstić information content (AvgIpc) is 3.36. The first-order valence-electron chi connectivity index (χ1n) is 7.95. The second-order valence-corrected chi connectivity index (χ2v) is 6.66. The maximum Gasteiger partial charge on any atom is 0.228 e. The van der Waals surface area contributed by atoms with Crippen molar-refractivity contribution in [1.29, 1.82) is 0 Å². The average molecular weight is 312 g/mol. The number of carbonyl (C=O) groups excluding carboxylic acids is 2. The number of allylic oxidation sites excluding steroid dienone is 2. The lowest BCUT2D eigenvalue weighted by molar-refractivity contribution is -0.316. The SMILES string of the molecule is COc1ccccc1NC(=O)C1C2C=CC(C3CC23)C1C(=O)[O-]. The highest BCUT2D eigenvalue weighted by molar-refractivity contribution is 5.97. The van der Waals surface area contributed by atoms with Gasteiger partial charge in [-0.2, -0.15) is 0 Å². The second kappa shape index (κ2) is 5.11. The van der Waals surface area contributed by atoms with Gasteiger partial charge < -0.3 is 20.0 Å². The summed E-state index contributed by atoms with van der Waals surface area (Å²) < 4.78 is 5.24. The number of ether oxygens (including phenoxy) is 1. The minimum absolute atomic E-state index is 0.00241. The van der Waals surface area contributed by atoms with Crippen LogP contribution in [0.4, 0.5) is 5.69 Å². The fourth-order valence-electron chi connectivity index (χ4n) is 4.52. The maximum absolute atomic E-state index is 12.8. The summed E-state index contributed by atoms with van der Waals surface area (Å²) in [6.07, 6.45) is 5.03. The number of methoxy groups -OCH3 is 1. The van der Waals surface area contributed by atoms with Crippen LogP contribution in [0.5, 0.6) is 5.75 Å². The maximum atomic E-state index is 12.8. The lowest BCUT2D eigenvalue weighted by atomic mass is 9.62. The molecule has 0 aromatic heterocycles. The zero-order valence-corrected chi connectivity index (χ0v) is 12.8. The van der Waals surface area contributed by atoms with Gasteiger partial charge in [0.15, 0.2) is 0 Å². The molecule has 0 saturated heterocycles. The molecule has 6 atom stereocenters. The smallest absolute Gasteiger partial charge is 0.228 e. The Bertz CT molecular complexity index is 698. The number of hydrogen-bond donors (Lipinski definition) is 1. The molecule has 1 amide bonds. The molecule has 5 heteroatoms. The Kier molecular flexibility index (Phi) is 3.18. The summed E-state index contributed by atoms with van der Waals surface area (Å²) in [4.78, 5) is 24.5. The molecule has 5 rings (SSSR count). The molecule has 0 aliphatic heterocycles. The van der Waals surface area contributed by atoms with E-state index in [-0.39, 0.29) is 17.7 Å². The summed E-state index contributed by atoms with van der Waals surface area (Å²) in [5, 5.41) is 14.5. The molecule has 120 valence electrons. The van der Waals surface area contributed by atoms with E-state index in [1.807, 2.05) is 18.2 Å². The van der Waals surface area contributed by atoms with E-state index in [4.69, 9.17) is 4.74 Å². The molecule has 0 heterocycles. The quantitative estimate of drug-likeness (QED) is 0.844. The van der Waals surface area contributed by atoms with E-state index in [0.29, 0.717) is 23.3 Å². The van der Waals surface area contributed by atoms with Crippen molar-refractivity contribution in [2.24, 2.45) is 35.5 Å². The van der Waals surface area contributed by atoms with E-state index in [0.717, 1.165) is 6.42 Å². The Morgan fingerprint density at radius 3 is 2.43 bits per heavy atom. The number of aliphatic carboxylic acids is 1. The number of hydrogen-bond acceptors (Lipinski definition) is 4. The van der Waals surface area contributed by atoms with Crippen LogP contribution in [0.1, 0.15) is 6.42 Å². The molecule has 1 aromatic rings. The molecule has 2 saturated carbocycles. The third-order valence-electron chi connectivity index (χ3n) is 5.59. The number of benzene rings is 1. The molecule has 5 nitrogen and oxygen atoms in total. The van der Waals surface area contributed by atoms with E-state index >= 15 is 0 Å². The van der Waals surface area contributed by atoms with Crippen LogP contribution in [0, 0.1) is 35.5 Å². The van der Waals surface area contributed by atoms with Crippen LogP contribution >= 0.6 is 0 Å². The summed E-state index contributed by atoms with van der Waals surface area (Å²) >= 11 is 0. The van der Waals surface area contributed by atoms with Gasteiger partial charge in [0.05, 0.1) is 18.7 Å². The van der Waals surface area contributed by atoms with Gasteiger partial charge in [-0.25, -0.2) is 0 Å². The number of rotatable bonds is 4. The van der Waals surface area contributed by atoms with Crippen LogP contribution in [0.2, 0.25) is 0 Å². The van der Waals surface area contributed by atoms with Gasteiger partial charge in [-0.1, -0.05) is 24.3 Å². The van der Waals surface area contributed by atoms with Crippen molar-refractivity contribution in [3.05, 3.63) is 36.4 Å². The Morgan fingerprint density at radius 1 is 1.13 bits per heavy atom. The van der Waals surface area contributed by atoms with Crippen molar-refractivity contribution < 1.29 is 19.4 Å². The minimum atomic E-state index is -1.12. The Hall–Kier alpha value is -2.30. The van der Waals surface area contributed by atoms with Gasteiger partial charge in [-0.15, -0.1) is 0 Å². The normalized spacial score (nSPS) is 36.2. The molecule has 4 aliphatic rings. The zero-order chi connectivity index (χ0) is 16.1. The summed E-state index contributed by atoms with van der Waals surface area (Å²) in [5.41, 5.74) is 0.565. The molecule has 2 fully saturated rings. The van der Waals surface area contributed by atoms with Crippen LogP contribution < -0.4 is 15.2 Å². The zero-order valence-electron chi connectivity index (χ0n) is 12.8. The first kappa shape index (κ1) is 14.3. The number of carbonyl (C=O) groups is 2. The molecular weight excluding hydrogens is 294 g/mol. The van der Waals surface area contributed by atoms with Crippen LogP contribution in [0.3, 0.4) is 0 Å². The first-order valence-corrected chi connectivity index (χ1v) is 7.95. The predicted molar refractivity (Wildman–Crippen MR) is 81.3 cm³/mol. The lowest BCUT2D eigenvalue weighted by Crippen LogP contribution is -2.52. The number of para-hydroxylation sites is 2. The van der Waals surface area contributed by atoms with Gasteiger partial charge in [0.1, 0.15) is 5.75 Å². The molecule has 2 bridgehead atoms.